The first-order valence-corrected chi connectivity index (χ1v) is 6.02. The van der Waals surface area contributed by atoms with Crippen molar-refractivity contribution in [3.63, 3.8) is 0 Å². The fourth-order valence-corrected chi connectivity index (χ4v) is 1.61. The molecule has 2 aromatic rings. The highest BCUT2D eigenvalue weighted by Crippen LogP contribution is 2.26. The highest BCUT2D eigenvalue weighted by Gasteiger charge is 2.12. The largest absolute Gasteiger partial charge is 0.483 e. The molecule has 2 rings (SSSR count). The monoisotopic (exact) mass is 266 g/mol. The van der Waals surface area contributed by atoms with Crippen molar-refractivity contribution in [2.45, 2.75) is 33.0 Å². The quantitative estimate of drug-likeness (QED) is 0.900. The van der Waals surface area contributed by atoms with Crippen LogP contribution in [0.15, 0.2) is 22.7 Å². The summed E-state index contributed by atoms with van der Waals surface area (Å²) >= 11 is 0. The molecule has 0 saturated carbocycles. The third-order valence-electron chi connectivity index (χ3n) is 2.60. The van der Waals surface area contributed by atoms with Crippen molar-refractivity contribution in [1.82, 2.24) is 10.1 Å². The van der Waals surface area contributed by atoms with E-state index in [1.54, 1.807) is 6.92 Å². The van der Waals surface area contributed by atoms with Crippen molar-refractivity contribution in [2.24, 2.45) is 0 Å². The van der Waals surface area contributed by atoms with Gasteiger partial charge in [0.2, 0.25) is 0 Å². The van der Waals surface area contributed by atoms with Crippen LogP contribution in [0.1, 0.15) is 37.2 Å². The van der Waals surface area contributed by atoms with Crippen LogP contribution in [0.4, 0.5) is 4.39 Å². The maximum Gasteiger partial charge on any atom is 0.264 e. The van der Waals surface area contributed by atoms with Crippen molar-refractivity contribution >= 4 is 0 Å². The molecule has 1 N–H and O–H groups in total. The van der Waals surface area contributed by atoms with E-state index in [4.69, 9.17) is 9.26 Å². The van der Waals surface area contributed by atoms with E-state index in [1.807, 2.05) is 6.92 Å². The molecule has 0 radical (unpaired) electrons. The predicted molar refractivity (Wildman–Crippen MR) is 65.0 cm³/mol. The number of ether oxygens (including phenoxy) is 1. The summed E-state index contributed by atoms with van der Waals surface area (Å²) in [5.41, 5.74) is 0.511. The van der Waals surface area contributed by atoms with Gasteiger partial charge in [-0.3, -0.25) is 0 Å². The smallest absolute Gasteiger partial charge is 0.264 e. The minimum absolute atomic E-state index is 0.0379. The molecule has 0 aliphatic carbocycles. The van der Waals surface area contributed by atoms with E-state index in [2.05, 4.69) is 10.1 Å². The number of nitrogens with zero attached hydrogens (tertiary/aromatic N) is 2. The van der Waals surface area contributed by atoms with Crippen LogP contribution in [0.3, 0.4) is 0 Å². The molecule has 5 nitrogen and oxygen atoms in total. The summed E-state index contributed by atoms with van der Waals surface area (Å²) < 4.78 is 23.6. The first kappa shape index (κ1) is 13.5. The van der Waals surface area contributed by atoms with E-state index < -0.39 is 11.9 Å². The Kier molecular flexibility index (Phi) is 4.11. The summed E-state index contributed by atoms with van der Waals surface area (Å²) in [6.45, 7) is 3.53. The summed E-state index contributed by atoms with van der Waals surface area (Å²) in [6.07, 6.45) is -0.0768. The SMILES string of the molecule is CCc1noc(COc2cc(F)ccc2C(C)O)n1. The second-order valence-corrected chi connectivity index (χ2v) is 4.10. The Morgan fingerprint density at radius 2 is 2.26 bits per heavy atom. The fourth-order valence-electron chi connectivity index (χ4n) is 1.61. The summed E-state index contributed by atoms with van der Waals surface area (Å²) in [7, 11) is 0. The zero-order valence-electron chi connectivity index (χ0n) is 10.8. The molecule has 1 aromatic heterocycles. The Morgan fingerprint density at radius 1 is 1.47 bits per heavy atom. The van der Waals surface area contributed by atoms with Gasteiger partial charge >= 0.3 is 0 Å². The molecule has 0 fully saturated rings. The molecule has 1 unspecified atom stereocenters. The average Bonchev–Trinajstić information content (AvgIpc) is 2.84. The number of aryl methyl sites for hydroxylation is 1. The number of aliphatic hydroxyl groups is 1. The van der Waals surface area contributed by atoms with Crippen molar-refractivity contribution < 1.29 is 18.8 Å². The second kappa shape index (κ2) is 5.79. The van der Waals surface area contributed by atoms with E-state index >= 15 is 0 Å². The molecule has 1 aromatic carbocycles. The Morgan fingerprint density at radius 3 is 2.89 bits per heavy atom. The molecule has 6 heteroatoms. The maximum atomic E-state index is 13.2. The standard InChI is InChI=1S/C13H15FN2O3/c1-3-12-15-13(19-16-12)7-18-11-6-9(14)4-5-10(11)8(2)17/h4-6,8,17H,3,7H2,1-2H3. The second-order valence-electron chi connectivity index (χ2n) is 4.10. The lowest BCUT2D eigenvalue weighted by molar-refractivity contribution is 0.185. The highest BCUT2D eigenvalue weighted by atomic mass is 19.1. The van der Waals surface area contributed by atoms with Crippen LogP contribution < -0.4 is 4.74 Å². The van der Waals surface area contributed by atoms with Gasteiger partial charge in [-0.25, -0.2) is 4.39 Å². The number of hydrogen-bond donors (Lipinski definition) is 1. The van der Waals surface area contributed by atoms with Crippen LogP contribution in [-0.4, -0.2) is 15.2 Å². The van der Waals surface area contributed by atoms with Crippen LogP contribution in [0.2, 0.25) is 0 Å². The van der Waals surface area contributed by atoms with E-state index in [0.29, 0.717) is 23.7 Å². The van der Waals surface area contributed by atoms with Gasteiger partial charge < -0.3 is 14.4 Å². The molecule has 0 amide bonds. The van der Waals surface area contributed by atoms with Gasteiger partial charge in [0.25, 0.3) is 5.89 Å². The molecular formula is C13H15FN2O3. The normalized spacial score (nSPS) is 12.4. The number of halogens is 1. The van der Waals surface area contributed by atoms with Crippen LogP contribution in [0.5, 0.6) is 5.75 Å². The molecule has 0 spiro atoms. The molecule has 1 heterocycles. The van der Waals surface area contributed by atoms with Gasteiger partial charge in [0.15, 0.2) is 12.4 Å². The molecule has 102 valence electrons. The van der Waals surface area contributed by atoms with Gasteiger partial charge in [0.1, 0.15) is 11.6 Å². The van der Waals surface area contributed by atoms with Gasteiger partial charge in [-0.15, -0.1) is 0 Å². The van der Waals surface area contributed by atoms with E-state index in [0.717, 1.165) is 0 Å². The van der Waals surface area contributed by atoms with E-state index in [-0.39, 0.29) is 12.4 Å². The van der Waals surface area contributed by atoms with Crippen LogP contribution >= 0.6 is 0 Å². The van der Waals surface area contributed by atoms with Crippen LogP contribution in [0.25, 0.3) is 0 Å². The lowest BCUT2D eigenvalue weighted by Gasteiger charge is -2.12. The van der Waals surface area contributed by atoms with Crippen molar-refractivity contribution in [3.8, 4) is 5.75 Å². The molecule has 1 atom stereocenters. The van der Waals surface area contributed by atoms with Crippen molar-refractivity contribution in [1.29, 1.82) is 0 Å². The van der Waals surface area contributed by atoms with Gasteiger partial charge in [0.05, 0.1) is 6.10 Å². The minimum Gasteiger partial charge on any atom is -0.483 e. The number of aromatic nitrogens is 2. The summed E-state index contributed by atoms with van der Waals surface area (Å²) in [6, 6.07) is 3.98. The summed E-state index contributed by atoms with van der Waals surface area (Å²) in [5, 5.41) is 13.3. The van der Waals surface area contributed by atoms with Gasteiger partial charge in [-0.05, 0) is 19.1 Å². The molecular weight excluding hydrogens is 251 g/mol. The van der Waals surface area contributed by atoms with Gasteiger partial charge in [0, 0.05) is 18.1 Å². The summed E-state index contributed by atoms with van der Waals surface area (Å²) in [4.78, 5) is 4.08. The minimum atomic E-state index is -0.746. The first-order valence-electron chi connectivity index (χ1n) is 6.02. The Bertz CT molecular complexity index is 555. The number of benzene rings is 1. The third-order valence-corrected chi connectivity index (χ3v) is 2.60. The highest BCUT2D eigenvalue weighted by molar-refractivity contribution is 5.35. The predicted octanol–water partition coefficient (Wildman–Crippen LogP) is 2.40. The molecule has 0 aliphatic rings. The number of hydrogen-bond acceptors (Lipinski definition) is 5. The van der Waals surface area contributed by atoms with E-state index in [1.165, 1.54) is 18.2 Å². The number of rotatable bonds is 5. The lowest BCUT2D eigenvalue weighted by atomic mass is 10.1. The fraction of sp³-hybridized carbons (Fsp3) is 0.385. The topological polar surface area (TPSA) is 68.4 Å². The third kappa shape index (κ3) is 3.29. The first-order chi connectivity index (χ1) is 9.10. The summed E-state index contributed by atoms with van der Waals surface area (Å²) in [5.74, 6) is 0.747. The zero-order chi connectivity index (χ0) is 13.8. The maximum absolute atomic E-state index is 13.2. The van der Waals surface area contributed by atoms with E-state index in [9.17, 15) is 9.50 Å². The number of aliphatic hydroxyl groups excluding tert-OH is 1. The average molecular weight is 266 g/mol. The molecule has 0 aliphatic heterocycles. The van der Waals surface area contributed by atoms with Gasteiger partial charge in [-0.2, -0.15) is 4.98 Å². The van der Waals surface area contributed by atoms with Crippen molar-refractivity contribution in [2.75, 3.05) is 0 Å². The van der Waals surface area contributed by atoms with Crippen molar-refractivity contribution in [3.05, 3.63) is 41.3 Å². The Balaban J connectivity index is 2.12. The zero-order valence-corrected chi connectivity index (χ0v) is 10.8. The molecule has 19 heavy (non-hydrogen) atoms. The Labute approximate surface area is 110 Å². The van der Waals surface area contributed by atoms with Gasteiger partial charge in [-0.1, -0.05) is 12.1 Å². The van der Waals surface area contributed by atoms with Crippen LogP contribution in [-0.2, 0) is 13.0 Å². The van der Waals surface area contributed by atoms with Crippen LogP contribution in [0, 0.1) is 5.82 Å². The molecule has 0 bridgehead atoms. The molecule has 0 saturated heterocycles. The lowest BCUT2D eigenvalue weighted by Crippen LogP contribution is -2.02. The Hall–Kier alpha value is -1.95.